The zero-order chi connectivity index (χ0) is 22.7. The molecular weight excluding hydrogens is 410 g/mol. The topological polar surface area (TPSA) is 102 Å². The Bertz CT molecular complexity index is 1130. The number of H-pyrrole nitrogens is 1. The summed E-state index contributed by atoms with van der Waals surface area (Å²) in [7, 11) is 0. The maximum Gasteiger partial charge on any atom is 0.410 e. The number of amides is 1. The van der Waals surface area contributed by atoms with Crippen molar-refractivity contribution in [1.82, 2.24) is 14.9 Å². The molecule has 2 aromatic heterocycles. The van der Waals surface area contributed by atoms with Crippen molar-refractivity contribution in [3.63, 3.8) is 0 Å². The van der Waals surface area contributed by atoms with Gasteiger partial charge in [-0.25, -0.2) is 9.78 Å². The molecule has 166 valence electrons. The highest BCUT2D eigenvalue weighted by Crippen LogP contribution is 2.36. The summed E-state index contributed by atoms with van der Waals surface area (Å²) in [4.78, 5) is 46.4. The van der Waals surface area contributed by atoms with E-state index in [1.54, 1.807) is 18.5 Å². The maximum absolute atomic E-state index is 13.1. The van der Waals surface area contributed by atoms with E-state index in [1.807, 2.05) is 36.4 Å². The van der Waals surface area contributed by atoms with Gasteiger partial charge in [-0.1, -0.05) is 30.3 Å². The average molecular weight is 435 g/mol. The number of nitrogens with zero attached hydrogens (tertiary/aromatic N) is 2. The lowest BCUT2D eigenvalue weighted by molar-refractivity contribution is -0.145. The standard InChI is InChI=1S/C24H25N3O5/c1-15(28)22(20-12-26-23-19(20)9-6-10-25-23)21-11-18(32-16(2)29)13-27(21)24(30)31-14-17-7-4-3-5-8-17/h3-10,12,18,21-22H,11,13-14H2,1-2H3,(H,25,26). The monoisotopic (exact) mass is 435 g/mol. The summed E-state index contributed by atoms with van der Waals surface area (Å²) in [6, 6.07) is 12.5. The van der Waals surface area contributed by atoms with Crippen molar-refractivity contribution in [2.24, 2.45) is 0 Å². The van der Waals surface area contributed by atoms with Crippen molar-refractivity contribution in [1.29, 1.82) is 0 Å². The van der Waals surface area contributed by atoms with E-state index in [2.05, 4.69) is 9.97 Å². The predicted molar refractivity (Wildman–Crippen MR) is 117 cm³/mol. The number of esters is 1. The number of rotatable bonds is 6. The van der Waals surface area contributed by atoms with Crippen LogP contribution in [0.15, 0.2) is 54.9 Å². The van der Waals surface area contributed by atoms with Crippen LogP contribution in [0.1, 0.15) is 37.3 Å². The van der Waals surface area contributed by atoms with E-state index in [4.69, 9.17) is 9.47 Å². The van der Waals surface area contributed by atoms with Gasteiger partial charge in [0, 0.05) is 31.1 Å². The number of hydrogen-bond acceptors (Lipinski definition) is 6. The summed E-state index contributed by atoms with van der Waals surface area (Å²) in [5, 5.41) is 0.821. The molecule has 1 aromatic carbocycles. The molecule has 0 bridgehead atoms. The van der Waals surface area contributed by atoms with Crippen molar-refractivity contribution >= 4 is 28.9 Å². The highest BCUT2D eigenvalue weighted by molar-refractivity contribution is 5.91. The molecule has 3 heterocycles. The summed E-state index contributed by atoms with van der Waals surface area (Å²) < 4.78 is 10.9. The van der Waals surface area contributed by atoms with Crippen LogP contribution in [0.2, 0.25) is 0 Å². The van der Waals surface area contributed by atoms with E-state index in [9.17, 15) is 14.4 Å². The average Bonchev–Trinajstić information content (AvgIpc) is 3.37. The van der Waals surface area contributed by atoms with Crippen molar-refractivity contribution < 1.29 is 23.9 Å². The Balaban J connectivity index is 1.63. The minimum absolute atomic E-state index is 0.0934. The zero-order valence-electron chi connectivity index (χ0n) is 18.0. The number of nitrogens with one attached hydrogen (secondary N) is 1. The second-order valence-electron chi connectivity index (χ2n) is 7.96. The molecule has 8 heteroatoms. The van der Waals surface area contributed by atoms with Crippen molar-refractivity contribution in [2.75, 3.05) is 6.54 Å². The normalized spacial score (nSPS) is 19.0. The lowest BCUT2D eigenvalue weighted by Crippen LogP contribution is -2.41. The van der Waals surface area contributed by atoms with Crippen LogP contribution < -0.4 is 0 Å². The third-order valence-electron chi connectivity index (χ3n) is 5.72. The van der Waals surface area contributed by atoms with Crippen LogP contribution in [0.3, 0.4) is 0 Å². The lowest BCUT2D eigenvalue weighted by Gasteiger charge is -2.29. The molecule has 3 unspecified atom stereocenters. The van der Waals surface area contributed by atoms with Gasteiger partial charge in [-0.15, -0.1) is 0 Å². The highest BCUT2D eigenvalue weighted by atomic mass is 16.6. The molecule has 1 saturated heterocycles. The van der Waals surface area contributed by atoms with Crippen molar-refractivity contribution in [3.8, 4) is 0 Å². The Morgan fingerprint density at radius 3 is 2.66 bits per heavy atom. The van der Waals surface area contributed by atoms with Gasteiger partial charge < -0.3 is 19.4 Å². The van der Waals surface area contributed by atoms with E-state index in [0.29, 0.717) is 12.1 Å². The largest absolute Gasteiger partial charge is 0.461 e. The predicted octanol–water partition coefficient (Wildman–Crippen LogP) is 3.58. The van der Waals surface area contributed by atoms with E-state index in [0.717, 1.165) is 16.5 Å². The molecular formula is C24H25N3O5. The van der Waals surface area contributed by atoms with E-state index in [-0.39, 0.29) is 18.9 Å². The van der Waals surface area contributed by atoms with Gasteiger partial charge in [0.2, 0.25) is 0 Å². The van der Waals surface area contributed by atoms with Crippen LogP contribution >= 0.6 is 0 Å². The number of hydrogen-bond donors (Lipinski definition) is 1. The maximum atomic E-state index is 13.1. The molecule has 1 aliphatic rings. The van der Waals surface area contributed by atoms with Crippen LogP contribution in [0, 0.1) is 0 Å². The van der Waals surface area contributed by atoms with Gasteiger partial charge in [0.1, 0.15) is 24.1 Å². The fourth-order valence-corrected chi connectivity index (χ4v) is 4.41. The zero-order valence-corrected chi connectivity index (χ0v) is 18.0. The summed E-state index contributed by atoms with van der Waals surface area (Å²) in [5.41, 5.74) is 2.29. The molecule has 8 nitrogen and oxygen atoms in total. The third-order valence-corrected chi connectivity index (χ3v) is 5.72. The molecule has 0 saturated carbocycles. The van der Waals surface area contributed by atoms with Gasteiger partial charge >= 0.3 is 12.1 Å². The number of fused-ring (bicyclic) bond motifs is 1. The first-order chi connectivity index (χ1) is 15.4. The Labute approximate surface area is 185 Å². The third kappa shape index (κ3) is 4.49. The smallest absolute Gasteiger partial charge is 0.410 e. The van der Waals surface area contributed by atoms with Crippen molar-refractivity contribution in [3.05, 3.63) is 66.0 Å². The molecule has 3 aromatic rings. The molecule has 0 radical (unpaired) electrons. The fourth-order valence-electron chi connectivity index (χ4n) is 4.41. The molecule has 0 aliphatic carbocycles. The molecule has 3 atom stereocenters. The number of ketones is 1. The molecule has 1 amide bonds. The number of aromatic amines is 1. The number of pyridine rings is 1. The van der Waals surface area contributed by atoms with Gasteiger partial charge in [0.25, 0.3) is 0 Å². The van der Waals surface area contributed by atoms with Crippen LogP contribution in [0.25, 0.3) is 11.0 Å². The second-order valence-corrected chi connectivity index (χ2v) is 7.96. The molecule has 32 heavy (non-hydrogen) atoms. The van der Waals surface area contributed by atoms with Gasteiger partial charge in [-0.3, -0.25) is 9.59 Å². The molecule has 0 spiro atoms. The molecule has 1 fully saturated rings. The first kappa shape index (κ1) is 21.5. The van der Waals surface area contributed by atoms with Gasteiger partial charge in [0.15, 0.2) is 0 Å². The fraction of sp³-hybridized carbons (Fsp3) is 0.333. The SMILES string of the molecule is CC(=O)OC1CC(C(C(C)=O)c2c[nH]c3ncccc23)N(C(=O)OCc2ccccc2)C1. The highest BCUT2D eigenvalue weighted by Gasteiger charge is 2.44. The molecule has 1 N–H and O–H groups in total. The molecule has 1 aliphatic heterocycles. The first-order valence-electron chi connectivity index (χ1n) is 10.5. The van der Waals surface area contributed by atoms with E-state index >= 15 is 0 Å². The Kier molecular flexibility index (Phi) is 6.20. The Hall–Kier alpha value is -3.68. The second kappa shape index (κ2) is 9.21. The minimum Gasteiger partial charge on any atom is -0.461 e. The van der Waals surface area contributed by atoms with E-state index < -0.39 is 30.1 Å². The number of ether oxygens (including phenoxy) is 2. The van der Waals surface area contributed by atoms with Gasteiger partial charge in [-0.05, 0) is 30.2 Å². The first-order valence-corrected chi connectivity index (χ1v) is 10.5. The summed E-state index contributed by atoms with van der Waals surface area (Å²) in [5.74, 6) is -1.13. The number of benzene rings is 1. The number of carbonyl (C=O) groups is 3. The number of likely N-dealkylation sites (tertiary alicyclic amines) is 1. The number of Topliss-reactive ketones (excluding diaryl/α,β-unsaturated/α-hetero) is 1. The van der Waals surface area contributed by atoms with Gasteiger partial charge in [0.05, 0.1) is 18.5 Å². The Morgan fingerprint density at radius 1 is 1.16 bits per heavy atom. The lowest BCUT2D eigenvalue weighted by atomic mass is 9.86. The minimum atomic E-state index is -0.613. The van der Waals surface area contributed by atoms with Gasteiger partial charge in [-0.2, -0.15) is 0 Å². The Morgan fingerprint density at radius 2 is 1.94 bits per heavy atom. The van der Waals surface area contributed by atoms with Crippen LogP contribution in [0.5, 0.6) is 0 Å². The summed E-state index contributed by atoms with van der Waals surface area (Å²) in [6.07, 6.45) is 2.73. The summed E-state index contributed by atoms with van der Waals surface area (Å²) >= 11 is 0. The van der Waals surface area contributed by atoms with Crippen molar-refractivity contribution in [2.45, 2.75) is 44.9 Å². The van der Waals surface area contributed by atoms with Crippen LogP contribution in [-0.2, 0) is 25.7 Å². The van der Waals surface area contributed by atoms with E-state index in [1.165, 1.54) is 18.7 Å². The van der Waals surface area contributed by atoms with Crippen LogP contribution in [0.4, 0.5) is 4.79 Å². The quantitative estimate of drug-likeness (QED) is 0.594. The van der Waals surface area contributed by atoms with Crippen LogP contribution in [-0.4, -0.2) is 51.4 Å². The number of carbonyl (C=O) groups excluding carboxylic acids is 3. The molecule has 4 rings (SSSR count). The number of aromatic nitrogens is 2. The summed E-state index contributed by atoms with van der Waals surface area (Å²) in [6.45, 7) is 3.12.